The second-order valence-electron chi connectivity index (χ2n) is 7.06. The fourth-order valence-electron chi connectivity index (χ4n) is 3.57. The number of aromatic nitrogens is 2. The third kappa shape index (κ3) is 4.35. The van der Waals surface area contributed by atoms with Crippen molar-refractivity contribution in [2.45, 2.75) is 31.4 Å². The van der Waals surface area contributed by atoms with Gasteiger partial charge in [-0.2, -0.15) is 0 Å². The average Bonchev–Trinajstić information content (AvgIpc) is 3.30. The zero-order valence-corrected chi connectivity index (χ0v) is 16.4. The number of hydrogen-bond donors (Lipinski definition) is 1. The molecule has 0 saturated heterocycles. The van der Waals surface area contributed by atoms with E-state index in [2.05, 4.69) is 10.1 Å². The van der Waals surface area contributed by atoms with Crippen molar-refractivity contribution in [2.24, 2.45) is 5.16 Å². The van der Waals surface area contributed by atoms with Crippen LogP contribution in [0.1, 0.15) is 42.5 Å². The number of nitrogens with zero attached hydrogens (tertiary/aromatic N) is 3. The summed E-state index contributed by atoms with van der Waals surface area (Å²) >= 11 is 0. The molecular weight excluding hydrogens is 382 g/mol. The minimum Gasteiger partial charge on any atom is -0.482 e. The van der Waals surface area contributed by atoms with E-state index in [-0.39, 0.29) is 18.6 Å². The third-order valence-electron chi connectivity index (χ3n) is 5.00. The first-order valence-electron chi connectivity index (χ1n) is 9.94. The summed E-state index contributed by atoms with van der Waals surface area (Å²) in [6.07, 6.45) is 6.37. The van der Waals surface area contributed by atoms with Crippen molar-refractivity contribution in [2.75, 3.05) is 6.61 Å². The Morgan fingerprint density at radius 1 is 1.13 bits per heavy atom. The molecule has 7 heteroatoms. The van der Waals surface area contributed by atoms with Crippen molar-refractivity contribution in [1.29, 1.82) is 0 Å². The molecule has 1 aromatic heterocycles. The van der Waals surface area contributed by atoms with Gasteiger partial charge in [0, 0.05) is 24.4 Å². The van der Waals surface area contributed by atoms with Gasteiger partial charge < -0.3 is 19.2 Å². The van der Waals surface area contributed by atoms with E-state index < -0.39 is 5.97 Å². The largest absolute Gasteiger partial charge is 0.482 e. The molecule has 0 amide bonds. The molecule has 1 aliphatic rings. The summed E-state index contributed by atoms with van der Waals surface area (Å²) in [5, 5.41) is 13.3. The number of unbranched alkanes of at least 4 members (excludes halogenated alkanes) is 1. The molecule has 2 unspecified atom stereocenters. The minimum absolute atomic E-state index is 0.129. The van der Waals surface area contributed by atoms with E-state index in [4.69, 9.17) is 14.7 Å². The lowest BCUT2D eigenvalue weighted by Gasteiger charge is -2.35. The Kier molecular flexibility index (Phi) is 6.08. The third-order valence-corrected chi connectivity index (χ3v) is 5.00. The monoisotopic (exact) mass is 405 g/mol. The van der Waals surface area contributed by atoms with E-state index in [1.54, 1.807) is 12.5 Å². The van der Waals surface area contributed by atoms with Crippen LogP contribution in [-0.4, -0.2) is 32.9 Å². The standard InChI is InChI=1S/C23H23N3O4/c27-20(28)12-6-7-15-29-25-21-18-10-4-5-11-19(18)30-23(17-8-2-1-3-9-17)22(21)26-14-13-24-16-26/h1-5,8-11,13-14,16,22-23H,6-7,12,15H2,(H,27,28)/b25-21-. The van der Waals surface area contributed by atoms with Gasteiger partial charge in [-0.15, -0.1) is 0 Å². The Morgan fingerprint density at radius 2 is 1.93 bits per heavy atom. The van der Waals surface area contributed by atoms with Gasteiger partial charge in [0.2, 0.25) is 0 Å². The molecule has 30 heavy (non-hydrogen) atoms. The van der Waals surface area contributed by atoms with Crippen molar-refractivity contribution in [1.82, 2.24) is 9.55 Å². The lowest BCUT2D eigenvalue weighted by molar-refractivity contribution is -0.137. The highest BCUT2D eigenvalue weighted by molar-refractivity contribution is 6.06. The van der Waals surface area contributed by atoms with E-state index in [1.807, 2.05) is 65.4 Å². The second-order valence-corrected chi connectivity index (χ2v) is 7.06. The predicted octanol–water partition coefficient (Wildman–Crippen LogP) is 4.23. The van der Waals surface area contributed by atoms with Crippen LogP contribution in [0.2, 0.25) is 0 Å². The maximum atomic E-state index is 10.7. The summed E-state index contributed by atoms with van der Waals surface area (Å²) in [5.41, 5.74) is 2.65. The number of benzene rings is 2. The van der Waals surface area contributed by atoms with Crippen LogP contribution in [0, 0.1) is 0 Å². The molecule has 0 spiro atoms. The number of carboxylic acid groups (broad SMARTS) is 1. The van der Waals surface area contributed by atoms with Gasteiger partial charge in [0.15, 0.2) is 6.10 Å². The number of oxime groups is 1. The van der Waals surface area contributed by atoms with Crippen LogP contribution >= 0.6 is 0 Å². The van der Waals surface area contributed by atoms with Gasteiger partial charge in [-0.05, 0) is 30.5 Å². The summed E-state index contributed by atoms with van der Waals surface area (Å²) in [4.78, 5) is 20.5. The van der Waals surface area contributed by atoms with E-state index in [0.717, 1.165) is 22.6 Å². The summed E-state index contributed by atoms with van der Waals surface area (Å²) in [6, 6.07) is 17.5. The molecular formula is C23H23N3O4. The molecule has 0 bridgehead atoms. The Hall–Kier alpha value is -3.61. The van der Waals surface area contributed by atoms with Crippen molar-refractivity contribution in [3.63, 3.8) is 0 Å². The first kappa shape index (κ1) is 19.7. The highest BCUT2D eigenvalue weighted by Gasteiger charge is 2.38. The van der Waals surface area contributed by atoms with Gasteiger partial charge in [-0.3, -0.25) is 4.79 Å². The fraction of sp³-hybridized carbons (Fsp3) is 0.261. The van der Waals surface area contributed by atoms with Gasteiger partial charge in [0.05, 0.1) is 6.33 Å². The van der Waals surface area contributed by atoms with Crippen LogP contribution in [-0.2, 0) is 9.63 Å². The van der Waals surface area contributed by atoms with Crippen LogP contribution < -0.4 is 4.74 Å². The lowest BCUT2D eigenvalue weighted by atomic mass is 9.90. The van der Waals surface area contributed by atoms with Crippen LogP contribution in [0.15, 0.2) is 78.5 Å². The number of fused-ring (bicyclic) bond motifs is 1. The van der Waals surface area contributed by atoms with Crippen molar-refractivity contribution < 1.29 is 19.5 Å². The first-order chi connectivity index (χ1) is 14.7. The first-order valence-corrected chi connectivity index (χ1v) is 9.94. The Balaban J connectivity index is 1.67. The zero-order chi connectivity index (χ0) is 20.8. The fourth-order valence-corrected chi connectivity index (χ4v) is 3.57. The summed E-state index contributed by atoms with van der Waals surface area (Å²) in [5.74, 6) is -0.0542. The molecule has 3 aromatic rings. The molecule has 4 rings (SSSR count). The van der Waals surface area contributed by atoms with E-state index in [9.17, 15) is 4.79 Å². The number of rotatable bonds is 8. The topological polar surface area (TPSA) is 85.9 Å². The molecule has 1 aliphatic heterocycles. The maximum Gasteiger partial charge on any atom is 0.303 e. The van der Waals surface area contributed by atoms with Crippen molar-refractivity contribution >= 4 is 11.7 Å². The molecule has 1 N–H and O–H groups in total. The Morgan fingerprint density at radius 3 is 2.70 bits per heavy atom. The highest BCUT2D eigenvalue weighted by Crippen LogP contribution is 2.41. The van der Waals surface area contributed by atoms with Crippen LogP contribution in [0.3, 0.4) is 0 Å². The summed E-state index contributed by atoms with van der Waals surface area (Å²) in [6.45, 7) is 0.354. The van der Waals surface area contributed by atoms with E-state index in [1.165, 1.54) is 0 Å². The molecule has 0 saturated carbocycles. The van der Waals surface area contributed by atoms with E-state index in [0.29, 0.717) is 19.4 Å². The number of aliphatic carboxylic acids is 1. The van der Waals surface area contributed by atoms with Gasteiger partial charge in [-0.1, -0.05) is 47.6 Å². The van der Waals surface area contributed by atoms with Crippen LogP contribution in [0.5, 0.6) is 5.75 Å². The zero-order valence-electron chi connectivity index (χ0n) is 16.4. The molecule has 0 radical (unpaired) electrons. The normalized spacial score (nSPS) is 19.1. The van der Waals surface area contributed by atoms with Gasteiger partial charge in [0.25, 0.3) is 0 Å². The quantitative estimate of drug-likeness (QED) is 0.448. The molecule has 2 heterocycles. The van der Waals surface area contributed by atoms with E-state index >= 15 is 0 Å². The molecule has 7 nitrogen and oxygen atoms in total. The minimum atomic E-state index is -0.800. The van der Waals surface area contributed by atoms with Crippen molar-refractivity contribution in [3.05, 3.63) is 84.4 Å². The van der Waals surface area contributed by atoms with Crippen LogP contribution in [0.4, 0.5) is 0 Å². The smallest absolute Gasteiger partial charge is 0.303 e. The number of hydrogen-bond acceptors (Lipinski definition) is 5. The molecule has 2 aromatic carbocycles. The number of carboxylic acids is 1. The maximum absolute atomic E-state index is 10.7. The molecule has 2 atom stereocenters. The van der Waals surface area contributed by atoms with Gasteiger partial charge in [0.1, 0.15) is 24.1 Å². The molecule has 154 valence electrons. The second kappa shape index (κ2) is 9.26. The number of para-hydroxylation sites is 1. The van der Waals surface area contributed by atoms with Crippen LogP contribution in [0.25, 0.3) is 0 Å². The van der Waals surface area contributed by atoms with Gasteiger partial charge >= 0.3 is 5.97 Å². The van der Waals surface area contributed by atoms with Gasteiger partial charge in [-0.25, -0.2) is 4.98 Å². The average molecular weight is 405 g/mol. The lowest BCUT2D eigenvalue weighted by Crippen LogP contribution is -2.34. The highest BCUT2D eigenvalue weighted by atomic mass is 16.6. The predicted molar refractivity (Wildman–Crippen MR) is 111 cm³/mol. The number of imidazole rings is 1. The molecule has 0 fully saturated rings. The summed E-state index contributed by atoms with van der Waals surface area (Å²) in [7, 11) is 0. The molecule has 0 aliphatic carbocycles. The number of ether oxygens (including phenoxy) is 1. The van der Waals surface area contributed by atoms with Crippen molar-refractivity contribution in [3.8, 4) is 5.75 Å². The Labute approximate surface area is 174 Å². The summed E-state index contributed by atoms with van der Waals surface area (Å²) < 4.78 is 8.38. The number of carbonyl (C=O) groups is 1. The SMILES string of the molecule is O=C(O)CCCCO/N=C1/c2ccccc2OC(c2ccccc2)C1n1ccnc1. The Bertz CT molecular complexity index is 1000.